The molecule has 0 heterocycles. The van der Waals surface area contributed by atoms with Crippen LogP contribution in [0.1, 0.15) is 11.1 Å². The van der Waals surface area contributed by atoms with E-state index in [4.69, 9.17) is 0 Å². The Morgan fingerprint density at radius 2 is 1.78 bits per heavy atom. The fourth-order valence-corrected chi connectivity index (χ4v) is 2.36. The van der Waals surface area contributed by atoms with Gasteiger partial charge in [-0.05, 0) is 58.2 Å². The van der Waals surface area contributed by atoms with Crippen LogP contribution in [0, 0.1) is 12.7 Å². The maximum Gasteiger partial charge on any atom is 0.139 e. The van der Waals surface area contributed by atoms with E-state index in [9.17, 15) is 4.39 Å². The summed E-state index contributed by atoms with van der Waals surface area (Å²) in [6.07, 6.45) is 0. The molecule has 0 aliphatic carbocycles. The number of aryl methyl sites for hydroxylation is 1. The van der Waals surface area contributed by atoms with Gasteiger partial charge in [-0.1, -0.05) is 28.1 Å². The largest absolute Gasteiger partial charge is 0.381 e. The smallest absolute Gasteiger partial charge is 0.139 e. The molecule has 2 aromatic rings. The maximum atomic E-state index is 13.4. The summed E-state index contributed by atoms with van der Waals surface area (Å²) in [5.41, 5.74) is 2.99. The Labute approximate surface area is 123 Å². The zero-order chi connectivity index (χ0) is 13.1. The molecule has 4 heteroatoms. The molecular formula is C14H12Br2FN. The van der Waals surface area contributed by atoms with Crippen molar-refractivity contribution in [2.45, 2.75) is 13.5 Å². The fraction of sp³-hybridized carbons (Fsp3) is 0.143. The summed E-state index contributed by atoms with van der Waals surface area (Å²) in [4.78, 5) is 0. The number of rotatable bonds is 3. The number of hydrogen-bond donors (Lipinski definition) is 1. The highest BCUT2D eigenvalue weighted by Gasteiger charge is 2.05. The van der Waals surface area contributed by atoms with Gasteiger partial charge < -0.3 is 5.32 Å². The molecule has 2 aromatic carbocycles. The summed E-state index contributed by atoms with van der Waals surface area (Å²) in [5, 5.41) is 3.24. The van der Waals surface area contributed by atoms with Crippen LogP contribution in [0.25, 0.3) is 0 Å². The summed E-state index contributed by atoms with van der Waals surface area (Å²) in [6, 6.07) is 11.3. The van der Waals surface area contributed by atoms with Crippen molar-refractivity contribution >= 4 is 37.5 Å². The first kappa shape index (κ1) is 13.6. The van der Waals surface area contributed by atoms with Gasteiger partial charge in [-0.25, -0.2) is 4.39 Å². The van der Waals surface area contributed by atoms with E-state index in [1.165, 1.54) is 6.07 Å². The molecule has 1 N–H and O–H groups in total. The van der Waals surface area contributed by atoms with E-state index < -0.39 is 0 Å². The molecule has 18 heavy (non-hydrogen) atoms. The maximum absolute atomic E-state index is 13.4. The predicted octanol–water partition coefficient (Wildman–Crippen LogP) is 5.27. The van der Waals surface area contributed by atoms with Crippen LogP contribution in [0.2, 0.25) is 0 Å². The highest BCUT2D eigenvalue weighted by molar-refractivity contribution is 9.10. The van der Waals surface area contributed by atoms with Gasteiger partial charge in [0.15, 0.2) is 0 Å². The second-order valence-electron chi connectivity index (χ2n) is 4.06. The van der Waals surface area contributed by atoms with Gasteiger partial charge in [0, 0.05) is 16.7 Å². The Hall–Kier alpha value is -0.870. The Bertz CT molecular complexity index is 552. The van der Waals surface area contributed by atoms with Crippen molar-refractivity contribution in [1.82, 2.24) is 0 Å². The van der Waals surface area contributed by atoms with Gasteiger partial charge in [-0.15, -0.1) is 0 Å². The molecule has 0 unspecified atom stereocenters. The highest BCUT2D eigenvalue weighted by Crippen LogP contribution is 2.24. The van der Waals surface area contributed by atoms with E-state index in [-0.39, 0.29) is 5.82 Å². The summed E-state index contributed by atoms with van der Waals surface area (Å²) < 4.78 is 15.0. The van der Waals surface area contributed by atoms with Crippen LogP contribution >= 0.6 is 31.9 Å². The lowest BCUT2D eigenvalue weighted by Gasteiger charge is -2.10. The highest BCUT2D eigenvalue weighted by atomic mass is 79.9. The van der Waals surface area contributed by atoms with Gasteiger partial charge in [-0.3, -0.25) is 0 Å². The molecule has 0 amide bonds. The zero-order valence-corrected chi connectivity index (χ0v) is 13.0. The van der Waals surface area contributed by atoms with Crippen LogP contribution in [-0.4, -0.2) is 0 Å². The third-order valence-corrected chi connectivity index (χ3v) is 3.80. The SMILES string of the molecule is Cc1cc(Br)c(F)cc1NCc1ccc(Br)cc1. The molecule has 0 saturated carbocycles. The van der Waals surface area contributed by atoms with Gasteiger partial charge in [0.05, 0.1) is 4.47 Å². The number of benzene rings is 2. The van der Waals surface area contributed by atoms with E-state index >= 15 is 0 Å². The monoisotopic (exact) mass is 371 g/mol. The summed E-state index contributed by atoms with van der Waals surface area (Å²) in [7, 11) is 0. The minimum atomic E-state index is -0.251. The molecule has 0 atom stereocenters. The zero-order valence-electron chi connectivity index (χ0n) is 9.81. The average Bonchev–Trinajstić information content (AvgIpc) is 2.34. The first-order chi connectivity index (χ1) is 8.56. The number of anilines is 1. The van der Waals surface area contributed by atoms with E-state index in [1.807, 2.05) is 31.2 Å². The van der Waals surface area contributed by atoms with E-state index in [0.717, 1.165) is 21.3 Å². The van der Waals surface area contributed by atoms with E-state index in [2.05, 4.69) is 37.2 Å². The lowest BCUT2D eigenvalue weighted by Crippen LogP contribution is -2.01. The summed E-state index contributed by atoms with van der Waals surface area (Å²) >= 11 is 6.57. The molecule has 0 aliphatic rings. The van der Waals surface area contributed by atoms with Crippen LogP contribution in [0.5, 0.6) is 0 Å². The Balaban J connectivity index is 2.10. The van der Waals surface area contributed by atoms with Crippen molar-refractivity contribution < 1.29 is 4.39 Å². The Kier molecular flexibility index (Phi) is 4.40. The third kappa shape index (κ3) is 3.33. The topological polar surface area (TPSA) is 12.0 Å². The molecule has 0 spiro atoms. The molecule has 2 rings (SSSR count). The van der Waals surface area contributed by atoms with Crippen molar-refractivity contribution in [3.63, 3.8) is 0 Å². The number of halogens is 3. The van der Waals surface area contributed by atoms with Crippen LogP contribution in [0.15, 0.2) is 45.3 Å². The Morgan fingerprint density at radius 1 is 1.11 bits per heavy atom. The van der Waals surface area contributed by atoms with Crippen LogP contribution in [0.4, 0.5) is 10.1 Å². The molecule has 0 aliphatic heterocycles. The van der Waals surface area contributed by atoms with E-state index in [1.54, 1.807) is 6.07 Å². The van der Waals surface area contributed by atoms with Gasteiger partial charge in [0.2, 0.25) is 0 Å². The van der Waals surface area contributed by atoms with Crippen LogP contribution in [0.3, 0.4) is 0 Å². The van der Waals surface area contributed by atoms with Gasteiger partial charge >= 0.3 is 0 Å². The van der Waals surface area contributed by atoms with Gasteiger partial charge in [0.1, 0.15) is 5.82 Å². The first-order valence-corrected chi connectivity index (χ1v) is 7.09. The third-order valence-electron chi connectivity index (χ3n) is 2.66. The molecule has 0 radical (unpaired) electrons. The molecule has 0 aromatic heterocycles. The van der Waals surface area contributed by atoms with Crippen molar-refractivity contribution in [2.24, 2.45) is 0 Å². The molecule has 0 bridgehead atoms. The number of hydrogen-bond acceptors (Lipinski definition) is 1. The van der Waals surface area contributed by atoms with E-state index in [0.29, 0.717) is 11.0 Å². The summed E-state index contributed by atoms with van der Waals surface area (Å²) in [6.45, 7) is 2.63. The van der Waals surface area contributed by atoms with Crippen molar-refractivity contribution in [2.75, 3.05) is 5.32 Å². The summed E-state index contributed by atoms with van der Waals surface area (Å²) in [5.74, 6) is -0.251. The van der Waals surface area contributed by atoms with Crippen molar-refractivity contribution in [1.29, 1.82) is 0 Å². The lowest BCUT2D eigenvalue weighted by atomic mass is 10.1. The minimum Gasteiger partial charge on any atom is -0.381 e. The minimum absolute atomic E-state index is 0.251. The lowest BCUT2D eigenvalue weighted by molar-refractivity contribution is 0.621. The van der Waals surface area contributed by atoms with Crippen molar-refractivity contribution in [3.05, 3.63) is 62.3 Å². The van der Waals surface area contributed by atoms with Gasteiger partial charge in [0.25, 0.3) is 0 Å². The van der Waals surface area contributed by atoms with Gasteiger partial charge in [-0.2, -0.15) is 0 Å². The predicted molar refractivity (Wildman–Crippen MR) is 80.3 cm³/mol. The fourth-order valence-electron chi connectivity index (χ4n) is 1.64. The molecule has 0 fully saturated rings. The molecule has 1 nitrogen and oxygen atoms in total. The molecule has 94 valence electrons. The standard InChI is InChI=1S/C14H12Br2FN/c1-9-6-12(16)13(17)7-14(9)18-8-10-2-4-11(15)5-3-10/h2-7,18H,8H2,1H3. The van der Waals surface area contributed by atoms with Crippen LogP contribution < -0.4 is 5.32 Å². The quantitative estimate of drug-likeness (QED) is 0.773. The second-order valence-corrected chi connectivity index (χ2v) is 5.83. The normalized spacial score (nSPS) is 10.4. The Morgan fingerprint density at radius 3 is 2.44 bits per heavy atom. The number of nitrogens with one attached hydrogen (secondary N) is 1. The first-order valence-electron chi connectivity index (χ1n) is 5.50. The van der Waals surface area contributed by atoms with Crippen molar-refractivity contribution in [3.8, 4) is 0 Å². The molecular weight excluding hydrogens is 361 g/mol. The van der Waals surface area contributed by atoms with Crippen LogP contribution in [-0.2, 0) is 6.54 Å². The molecule has 0 saturated heterocycles. The average molecular weight is 373 g/mol. The second kappa shape index (κ2) is 5.85.